The molecule has 3 fully saturated rings. The second-order valence-corrected chi connectivity index (χ2v) is 6.28. The number of aliphatic hydroxyl groups is 2. The van der Waals surface area contributed by atoms with Gasteiger partial charge in [-0.25, -0.2) is 0 Å². The van der Waals surface area contributed by atoms with Crippen LogP contribution in [0.15, 0.2) is 0 Å². The van der Waals surface area contributed by atoms with Crippen LogP contribution in [-0.4, -0.2) is 46.3 Å². The zero-order valence-electron chi connectivity index (χ0n) is 11.2. The zero-order valence-corrected chi connectivity index (χ0v) is 11.2. The minimum Gasteiger partial charge on any atom is -0.390 e. The van der Waals surface area contributed by atoms with Crippen molar-refractivity contribution in [1.82, 2.24) is 0 Å². The third kappa shape index (κ3) is 2.17. The molecule has 19 heavy (non-hydrogen) atoms. The number of nitriles is 1. The Labute approximate surface area is 113 Å². The third-order valence-electron chi connectivity index (χ3n) is 4.79. The standard InChI is InChI=1S/C14H21NO4/c1-8(7-15)4-9-2-3-12-14(19-9)5-10(16)13(17)11(6-14)18-12/h8-13,16-17H,2-6H2,1H3/t8-,9?,10-,11-,12+,13-,14?/m1/s1. The van der Waals surface area contributed by atoms with Crippen molar-refractivity contribution in [1.29, 1.82) is 5.26 Å². The fourth-order valence-corrected chi connectivity index (χ4v) is 3.84. The lowest BCUT2D eigenvalue weighted by atomic mass is 9.76. The highest BCUT2D eigenvalue weighted by molar-refractivity contribution is 5.09. The first-order valence-electron chi connectivity index (χ1n) is 7.13. The van der Waals surface area contributed by atoms with E-state index in [1.54, 1.807) is 0 Å². The predicted octanol–water partition coefficient (Wildman–Crippen LogP) is 0.737. The average molecular weight is 267 g/mol. The minimum absolute atomic E-state index is 0.0158. The van der Waals surface area contributed by atoms with Gasteiger partial charge in [0.05, 0.1) is 36.1 Å². The first-order chi connectivity index (χ1) is 9.04. The Morgan fingerprint density at radius 3 is 2.89 bits per heavy atom. The first kappa shape index (κ1) is 13.3. The molecule has 0 radical (unpaired) electrons. The highest BCUT2D eigenvalue weighted by Crippen LogP contribution is 2.49. The summed E-state index contributed by atoms with van der Waals surface area (Å²) in [6.07, 6.45) is 1.78. The summed E-state index contributed by atoms with van der Waals surface area (Å²) in [6.45, 7) is 1.90. The van der Waals surface area contributed by atoms with E-state index in [2.05, 4.69) is 6.07 Å². The molecule has 3 aliphatic rings. The monoisotopic (exact) mass is 267 g/mol. The zero-order chi connectivity index (χ0) is 13.6. The van der Waals surface area contributed by atoms with Gasteiger partial charge >= 0.3 is 0 Å². The Morgan fingerprint density at radius 1 is 1.37 bits per heavy atom. The van der Waals surface area contributed by atoms with Crippen molar-refractivity contribution in [3.63, 3.8) is 0 Å². The maximum atomic E-state index is 9.94. The van der Waals surface area contributed by atoms with Crippen LogP contribution in [-0.2, 0) is 9.47 Å². The fraction of sp³-hybridized carbons (Fsp3) is 0.929. The van der Waals surface area contributed by atoms with Gasteiger partial charge in [-0.3, -0.25) is 0 Å². The number of rotatable bonds is 2. The average Bonchev–Trinajstić information content (AvgIpc) is 2.70. The van der Waals surface area contributed by atoms with Crippen molar-refractivity contribution in [2.75, 3.05) is 0 Å². The van der Waals surface area contributed by atoms with Crippen molar-refractivity contribution in [2.24, 2.45) is 5.92 Å². The highest BCUT2D eigenvalue weighted by Gasteiger charge is 2.59. The van der Waals surface area contributed by atoms with Crippen LogP contribution in [0.2, 0.25) is 0 Å². The normalized spacial score (nSPS) is 50.3. The van der Waals surface area contributed by atoms with Gasteiger partial charge in [-0.1, -0.05) is 0 Å². The molecule has 1 aliphatic carbocycles. The van der Waals surface area contributed by atoms with E-state index in [1.165, 1.54) is 0 Å². The molecule has 0 aromatic rings. The number of hydrogen-bond donors (Lipinski definition) is 2. The molecule has 5 nitrogen and oxygen atoms in total. The van der Waals surface area contributed by atoms with Crippen LogP contribution in [0.25, 0.3) is 0 Å². The fourth-order valence-electron chi connectivity index (χ4n) is 3.84. The van der Waals surface area contributed by atoms with E-state index >= 15 is 0 Å². The first-order valence-corrected chi connectivity index (χ1v) is 7.13. The van der Waals surface area contributed by atoms with Gasteiger partial charge in [0, 0.05) is 18.8 Å². The topological polar surface area (TPSA) is 82.7 Å². The summed E-state index contributed by atoms with van der Waals surface area (Å²) in [5.41, 5.74) is -0.443. The molecule has 2 heterocycles. The highest BCUT2D eigenvalue weighted by atomic mass is 16.6. The smallest absolute Gasteiger partial charge is 0.106 e. The Balaban J connectivity index is 1.73. The van der Waals surface area contributed by atoms with Gasteiger partial charge in [0.25, 0.3) is 0 Å². The number of hydrogen-bond acceptors (Lipinski definition) is 5. The Morgan fingerprint density at radius 2 is 2.16 bits per heavy atom. The van der Waals surface area contributed by atoms with Crippen LogP contribution >= 0.6 is 0 Å². The van der Waals surface area contributed by atoms with Crippen LogP contribution in [0.3, 0.4) is 0 Å². The van der Waals surface area contributed by atoms with Crippen molar-refractivity contribution in [2.45, 2.75) is 75.1 Å². The molecule has 2 N–H and O–H groups in total. The SMILES string of the molecule is C[C@@H](C#N)CC1CC[C@@H]2O[C@@H]3CC2(C[C@@H](O)[C@H]3O)O1. The van der Waals surface area contributed by atoms with E-state index in [1.807, 2.05) is 6.92 Å². The summed E-state index contributed by atoms with van der Waals surface area (Å²) >= 11 is 0. The van der Waals surface area contributed by atoms with E-state index in [0.29, 0.717) is 12.8 Å². The van der Waals surface area contributed by atoms with Crippen molar-refractivity contribution >= 4 is 0 Å². The maximum absolute atomic E-state index is 9.94. The predicted molar refractivity (Wildman–Crippen MR) is 66.1 cm³/mol. The van der Waals surface area contributed by atoms with E-state index in [-0.39, 0.29) is 24.2 Å². The van der Waals surface area contributed by atoms with Gasteiger partial charge in [0.15, 0.2) is 0 Å². The molecule has 106 valence electrons. The molecule has 2 aliphatic heterocycles. The largest absolute Gasteiger partial charge is 0.390 e. The van der Waals surface area contributed by atoms with Gasteiger partial charge in [0.2, 0.25) is 0 Å². The van der Waals surface area contributed by atoms with Gasteiger partial charge in [0.1, 0.15) is 6.10 Å². The van der Waals surface area contributed by atoms with Crippen LogP contribution in [0, 0.1) is 17.2 Å². The quantitative estimate of drug-likeness (QED) is 0.771. The molecule has 1 saturated carbocycles. The van der Waals surface area contributed by atoms with Crippen LogP contribution in [0.4, 0.5) is 0 Å². The van der Waals surface area contributed by atoms with Crippen molar-refractivity contribution in [3.8, 4) is 6.07 Å². The number of nitrogens with zero attached hydrogens (tertiary/aromatic N) is 1. The summed E-state index contributed by atoms with van der Waals surface area (Å²) < 4.78 is 12.1. The summed E-state index contributed by atoms with van der Waals surface area (Å²) in [5.74, 6) is -0.0184. The van der Waals surface area contributed by atoms with E-state index in [9.17, 15) is 10.2 Å². The molecule has 2 saturated heterocycles. The molecule has 7 atom stereocenters. The molecule has 2 unspecified atom stereocenters. The van der Waals surface area contributed by atoms with Gasteiger partial charge in [-0.2, -0.15) is 5.26 Å². The van der Waals surface area contributed by atoms with E-state index in [4.69, 9.17) is 14.7 Å². The van der Waals surface area contributed by atoms with Crippen molar-refractivity contribution in [3.05, 3.63) is 0 Å². The van der Waals surface area contributed by atoms with Gasteiger partial charge in [-0.15, -0.1) is 0 Å². The molecular formula is C14H21NO4. The molecule has 3 rings (SSSR count). The molecule has 0 aromatic heterocycles. The summed E-state index contributed by atoms with van der Waals surface area (Å²) in [6, 6.07) is 2.24. The maximum Gasteiger partial charge on any atom is 0.106 e. The van der Waals surface area contributed by atoms with Crippen molar-refractivity contribution < 1.29 is 19.7 Å². The molecule has 1 spiro atoms. The lowest BCUT2D eigenvalue weighted by Gasteiger charge is -2.44. The Hall–Kier alpha value is -0.670. The summed E-state index contributed by atoms with van der Waals surface area (Å²) in [7, 11) is 0. The van der Waals surface area contributed by atoms with Gasteiger partial charge < -0.3 is 19.7 Å². The van der Waals surface area contributed by atoms with E-state index < -0.39 is 17.8 Å². The summed E-state index contributed by atoms with van der Waals surface area (Å²) in [4.78, 5) is 0. The Bertz CT molecular complexity index is 395. The van der Waals surface area contributed by atoms with Crippen LogP contribution < -0.4 is 0 Å². The second-order valence-electron chi connectivity index (χ2n) is 6.28. The molecular weight excluding hydrogens is 246 g/mol. The van der Waals surface area contributed by atoms with Crippen LogP contribution in [0.1, 0.15) is 39.0 Å². The molecule has 0 aromatic carbocycles. The lowest BCUT2D eigenvalue weighted by Crippen LogP contribution is -2.54. The van der Waals surface area contributed by atoms with Gasteiger partial charge in [-0.05, 0) is 26.2 Å². The number of aliphatic hydroxyl groups excluding tert-OH is 2. The minimum atomic E-state index is -0.795. The molecule has 0 amide bonds. The Kier molecular flexibility index (Phi) is 3.30. The third-order valence-corrected chi connectivity index (χ3v) is 4.79. The molecule has 2 bridgehead atoms. The van der Waals surface area contributed by atoms with Crippen LogP contribution in [0.5, 0.6) is 0 Å². The summed E-state index contributed by atoms with van der Waals surface area (Å²) in [5, 5.41) is 28.7. The number of ether oxygens (including phenoxy) is 2. The van der Waals surface area contributed by atoms with E-state index in [0.717, 1.165) is 19.3 Å². The number of fused-ring (bicyclic) bond motifs is 1. The molecule has 5 heteroatoms. The lowest BCUT2D eigenvalue weighted by molar-refractivity contribution is -0.179. The second kappa shape index (κ2) is 4.71.